The van der Waals surface area contributed by atoms with Crippen LogP contribution < -0.4 is 15.4 Å². The molecule has 40 heavy (non-hydrogen) atoms. The van der Waals surface area contributed by atoms with Gasteiger partial charge in [0.05, 0.1) is 37.2 Å². The minimum absolute atomic E-state index is 0.225. The number of nitrogens with zero attached hydrogens (tertiary/aromatic N) is 1. The molecule has 3 aliphatic heterocycles. The second-order valence-corrected chi connectivity index (χ2v) is 12.0. The van der Waals surface area contributed by atoms with Gasteiger partial charge in [-0.05, 0) is 69.0 Å². The number of rotatable bonds is 9. The predicted molar refractivity (Wildman–Crippen MR) is 155 cm³/mol. The average Bonchev–Trinajstić information content (AvgIpc) is 3.52. The van der Waals surface area contributed by atoms with Crippen LogP contribution in [-0.4, -0.2) is 69.6 Å². The maximum atomic E-state index is 14.2. The average molecular weight is 615 g/mol. The van der Waals surface area contributed by atoms with Gasteiger partial charge in [0, 0.05) is 16.2 Å². The summed E-state index contributed by atoms with van der Waals surface area (Å²) in [5, 5.41) is 16.2. The van der Waals surface area contributed by atoms with Crippen LogP contribution in [0.3, 0.4) is 0 Å². The van der Waals surface area contributed by atoms with E-state index in [0.29, 0.717) is 36.6 Å². The number of amides is 3. The van der Waals surface area contributed by atoms with E-state index in [1.807, 2.05) is 45.9 Å². The van der Waals surface area contributed by atoms with Crippen molar-refractivity contribution < 1.29 is 29.0 Å². The lowest BCUT2D eigenvalue weighted by atomic mass is 9.70. The number of hydrogen-bond donors (Lipinski definition) is 3. The molecule has 2 bridgehead atoms. The summed E-state index contributed by atoms with van der Waals surface area (Å²) in [6.45, 7) is 7.82. The van der Waals surface area contributed by atoms with Crippen LogP contribution in [0.1, 0.15) is 37.8 Å². The number of carbonyl (C=O) groups excluding carboxylic acids is 3. The third-order valence-corrected chi connectivity index (χ3v) is 9.36. The summed E-state index contributed by atoms with van der Waals surface area (Å²) in [4.78, 5) is 43.3. The summed E-state index contributed by atoms with van der Waals surface area (Å²) in [6.07, 6.45) is 0.260. The molecule has 0 radical (unpaired) electrons. The Kier molecular flexibility index (Phi) is 7.96. The molecule has 0 saturated carbocycles. The largest absolute Gasteiger partial charge is 0.494 e. The lowest BCUT2D eigenvalue weighted by Crippen LogP contribution is -2.56. The van der Waals surface area contributed by atoms with Gasteiger partial charge in [-0.2, -0.15) is 0 Å². The summed E-state index contributed by atoms with van der Waals surface area (Å²) in [5.74, 6) is -2.04. The number of aliphatic hydroxyl groups is 1. The molecular formula is C30H36BrN3O6. The Hall–Kier alpha value is -2.95. The zero-order chi connectivity index (χ0) is 28.8. The van der Waals surface area contributed by atoms with E-state index < -0.39 is 35.6 Å². The molecule has 0 aliphatic carbocycles. The van der Waals surface area contributed by atoms with Crippen molar-refractivity contribution in [2.75, 3.05) is 23.8 Å². The Morgan fingerprint density at radius 1 is 1.12 bits per heavy atom. The van der Waals surface area contributed by atoms with Crippen LogP contribution in [0.5, 0.6) is 5.75 Å². The van der Waals surface area contributed by atoms with Gasteiger partial charge in [-0.15, -0.1) is 0 Å². The minimum Gasteiger partial charge on any atom is -0.494 e. The molecule has 214 valence electrons. The number of anilines is 2. The third kappa shape index (κ3) is 4.59. The normalized spacial score (nSPS) is 29.3. The van der Waals surface area contributed by atoms with Gasteiger partial charge in [-0.3, -0.25) is 14.4 Å². The topological polar surface area (TPSA) is 117 Å². The van der Waals surface area contributed by atoms with Crippen LogP contribution >= 0.6 is 15.9 Å². The Morgan fingerprint density at radius 3 is 2.40 bits per heavy atom. The first-order valence-corrected chi connectivity index (χ1v) is 14.7. The molecule has 7 atom stereocenters. The van der Waals surface area contributed by atoms with E-state index in [2.05, 4.69) is 26.6 Å². The molecule has 3 saturated heterocycles. The first-order chi connectivity index (χ1) is 19.2. The lowest BCUT2D eigenvalue weighted by molar-refractivity contribution is -0.143. The Balaban J connectivity index is 1.50. The zero-order valence-corrected chi connectivity index (χ0v) is 24.7. The molecule has 0 aromatic heterocycles. The van der Waals surface area contributed by atoms with Crippen LogP contribution in [0.25, 0.3) is 0 Å². The van der Waals surface area contributed by atoms with E-state index in [0.717, 1.165) is 11.1 Å². The second kappa shape index (κ2) is 11.1. The Bertz CT molecular complexity index is 1280. The van der Waals surface area contributed by atoms with E-state index >= 15 is 0 Å². The molecule has 3 fully saturated rings. The van der Waals surface area contributed by atoms with Crippen LogP contribution in [-0.2, 0) is 19.1 Å². The summed E-state index contributed by atoms with van der Waals surface area (Å²) in [5.41, 5.74) is 1.85. The highest BCUT2D eigenvalue weighted by atomic mass is 79.9. The van der Waals surface area contributed by atoms with Crippen molar-refractivity contribution in [3.8, 4) is 5.75 Å². The first-order valence-electron chi connectivity index (χ1n) is 13.8. The number of nitrogens with one attached hydrogen (secondary N) is 2. The number of aliphatic hydroxyl groups excluding tert-OH is 1. The zero-order valence-electron chi connectivity index (χ0n) is 23.1. The van der Waals surface area contributed by atoms with Gasteiger partial charge in [-0.25, -0.2) is 0 Å². The van der Waals surface area contributed by atoms with Gasteiger partial charge >= 0.3 is 0 Å². The van der Waals surface area contributed by atoms with Crippen LogP contribution in [0.15, 0.2) is 42.5 Å². The lowest BCUT2D eigenvalue weighted by Gasteiger charge is -2.36. The standard InChI is InChI=1S/C30H36BrN3O6/c1-5-19(15-35)34-26(28(37)33-24-16(3)8-7-9-17(24)4)30-14-21(31)25(40-30)22(23(30)29(34)38)27(36)32-18-10-12-20(13-11-18)39-6-2/h7-13,19,21-23,25-26,35H,5-6,14-15H2,1-4H3,(H,32,36)(H,33,37)/t19-,21?,22-,23-,25-,26?,30?/m0/s1. The molecule has 3 heterocycles. The predicted octanol–water partition coefficient (Wildman–Crippen LogP) is 3.80. The molecular weight excluding hydrogens is 578 g/mol. The van der Waals surface area contributed by atoms with Crippen molar-refractivity contribution >= 4 is 45.0 Å². The fourth-order valence-electron chi connectivity index (χ4n) is 6.70. The van der Waals surface area contributed by atoms with Crippen molar-refractivity contribution in [2.45, 2.75) is 69.2 Å². The van der Waals surface area contributed by atoms with Crippen molar-refractivity contribution in [2.24, 2.45) is 11.8 Å². The number of hydrogen-bond acceptors (Lipinski definition) is 6. The molecule has 2 aromatic rings. The van der Waals surface area contributed by atoms with Gasteiger partial charge in [0.15, 0.2) is 0 Å². The minimum atomic E-state index is -1.21. The molecule has 3 unspecified atom stereocenters. The van der Waals surface area contributed by atoms with Crippen LogP contribution in [0.2, 0.25) is 0 Å². The molecule has 3 N–H and O–H groups in total. The van der Waals surface area contributed by atoms with E-state index in [1.165, 1.54) is 4.90 Å². The maximum Gasteiger partial charge on any atom is 0.250 e. The van der Waals surface area contributed by atoms with Crippen LogP contribution in [0, 0.1) is 25.7 Å². The monoisotopic (exact) mass is 613 g/mol. The van der Waals surface area contributed by atoms with E-state index in [1.54, 1.807) is 24.3 Å². The van der Waals surface area contributed by atoms with Crippen molar-refractivity contribution in [3.63, 3.8) is 0 Å². The van der Waals surface area contributed by atoms with Crippen LogP contribution in [0.4, 0.5) is 11.4 Å². The van der Waals surface area contributed by atoms with Gasteiger partial charge in [0.2, 0.25) is 17.7 Å². The highest BCUT2D eigenvalue weighted by Gasteiger charge is 2.77. The van der Waals surface area contributed by atoms with Crippen molar-refractivity contribution in [3.05, 3.63) is 53.6 Å². The Morgan fingerprint density at radius 2 is 1.80 bits per heavy atom. The van der Waals surface area contributed by atoms with Crippen molar-refractivity contribution in [1.29, 1.82) is 0 Å². The molecule has 5 rings (SSSR count). The molecule has 2 aromatic carbocycles. The quantitative estimate of drug-likeness (QED) is 0.370. The van der Waals surface area contributed by atoms with Crippen molar-refractivity contribution in [1.82, 2.24) is 4.90 Å². The number of aryl methyl sites for hydroxylation is 2. The summed E-state index contributed by atoms with van der Waals surface area (Å²) in [6, 6.07) is 11.2. The van der Waals surface area contributed by atoms with Gasteiger partial charge in [0.25, 0.3) is 0 Å². The highest BCUT2D eigenvalue weighted by molar-refractivity contribution is 9.09. The number of carbonyl (C=O) groups is 3. The maximum absolute atomic E-state index is 14.2. The second-order valence-electron chi connectivity index (χ2n) is 10.9. The number of para-hydroxylation sites is 1. The smallest absolute Gasteiger partial charge is 0.250 e. The number of fused-ring (bicyclic) bond motifs is 1. The summed E-state index contributed by atoms with van der Waals surface area (Å²) >= 11 is 3.69. The number of likely N-dealkylation sites (tertiary alicyclic amines) is 1. The fraction of sp³-hybridized carbons (Fsp3) is 0.500. The number of benzene rings is 2. The number of halogens is 1. The highest BCUT2D eigenvalue weighted by Crippen LogP contribution is 2.60. The summed E-state index contributed by atoms with van der Waals surface area (Å²) < 4.78 is 12.0. The summed E-state index contributed by atoms with van der Waals surface area (Å²) in [7, 11) is 0. The molecule has 3 aliphatic rings. The molecule has 1 spiro atoms. The van der Waals surface area contributed by atoms with E-state index in [9.17, 15) is 19.5 Å². The SMILES string of the molecule is CCOc1ccc(NC(=O)[C@H]2[C@H]3C(=O)N([C@@H](CC)CO)C(C(=O)Nc4c(C)cccc4C)C34CC(Br)[C@@H]2O4)cc1. The third-order valence-electron chi connectivity index (χ3n) is 8.52. The molecule has 9 nitrogen and oxygen atoms in total. The van der Waals surface area contributed by atoms with Gasteiger partial charge < -0.3 is 30.1 Å². The van der Waals surface area contributed by atoms with Gasteiger partial charge in [0.1, 0.15) is 17.4 Å². The van der Waals surface area contributed by atoms with E-state index in [-0.39, 0.29) is 29.2 Å². The first kappa shape index (κ1) is 28.6. The van der Waals surface area contributed by atoms with Gasteiger partial charge in [-0.1, -0.05) is 41.1 Å². The number of alkyl halides is 1. The molecule has 10 heteroatoms. The number of ether oxygens (including phenoxy) is 2. The Labute approximate surface area is 242 Å². The fourth-order valence-corrected chi connectivity index (χ4v) is 7.65. The molecule has 3 amide bonds. The van der Waals surface area contributed by atoms with E-state index in [4.69, 9.17) is 9.47 Å².